The normalized spacial score (nSPS) is 20.4. The molecule has 0 atom stereocenters. The maximum absolute atomic E-state index is 12.5. The van der Waals surface area contributed by atoms with Crippen molar-refractivity contribution in [1.82, 2.24) is 5.32 Å². The summed E-state index contributed by atoms with van der Waals surface area (Å²) >= 11 is 0. The van der Waals surface area contributed by atoms with Crippen LogP contribution in [0.4, 0.5) is 11.4 Å². The molecule has 0 unspecified atom stereocenters. The molecular weight excluding hydrogens is 298 g/mol. The van der Waals surface area contributed by atoms with E-state index in [1.807, 2.05) is 18.2 Å². The van der Waals surface area contributed by atoms with Crippen LogP contribution in [0.15, 0.2) is 35.2 Å². The van der Waals surface area contributed by atoms with Crippen LogP contribution >= 0.6 is 0 Å². The first-order chi connectivity index (χ1) is 10.6. The second kappa shape index (κ2) is 4.86. The Kier molecular flexibility index (Phi) is 3.06. The highest BCUT2D eigenvalue weighted by Gasteiger charge is 2.33. The van der Waals surface area contributed by atoms with Crippen molar-refractivity contribution < 1.29 is 8.42 Å². The molecule has 0 aromatic heterocycles. The molecule has 0 bridgehead atoms. The molecule has 0 aliphatic carbocycles. The lowest BCUT2D eigenvalue weighted by Gasteiger charge is -2.24. The minimum Gasteiger partial charge on any atom is -0.370 e. The van der Waals surface area contributed by atoms with Gasteiger partial charge < -0.3 is 10.2 Å². The minimum absolute atomic E-state index is 0.428. The quantitative estimate of drug-likeness (QED) is 0.871. The molecule has 0 radical (unpaired) electrons. The fraction of sp³-hybridized carbons (Fsp3) is 0.375. The topological polar surface area (TPSA) is 52.6 Å². The summed E-state index contributed by atoms with van der Waals surface area (Å²) in [6.07, 6.45) is 1.10. The molecule has 5 nitrogen and oxygen atoms in total. The largest absolute Gasteiger partial charge is 0.370 e. The van der Waals surface area contributed by atoms with Gasteiger partial charge in [0.25, 0.3) is 10.0 Å². The van der Waals surface area contributed by atoms with E-state index < -0.39 is 10.0 Å². The minimum atomic E-state index is -3.39. The summed E-state index contributed by atoms with van der Waals surface area (Å²) in [6.45, 7) is 3.94. The molecule has 2 aromatic rings. The Hall–Kier alpha value is -1.79. The summed E-state index contributed by atoms with van der Waals surface area (Å²) < 4.78 is 26.4. The van der Waals surface area contributed by atoms with Gasteiger partial charge in [-0.1, -0.05) is 12.1 Å². The molecular formula is C16H19N3O2S. The van der Waals surface area contributed by atoms with Crippen LogP contribution in [0.25, 0.3) is 10.8 Å². The van der Waals surface area contributed by atoms with Gasteiger partial charge in [0.15, 0.2) is 0 Å². The average molecular weight is 317 g/mol. The van der Waals surface area contributed by atoms with Crippen molar-refractivity contribution in [2.75, 3.05) is 42.4 Å². The van der Waals surface area contributed by atoms with Gasteiger partial charge in [0, 0.05) is 43.1 Å². The van der Waals surface area contributed by atoms with E-state index in [0.29, 0.717) is 4.90 Å². The van der Waals surface area contributed by atoms with Crippen molar-refractivity contribution >= 4 is 32.2 Å². The highest BCUT2D eigenvalue weighted by Crippen LogP contribution is 2.44. The van der Waals surface area contributed by atoms with E-state index in [2.05, 4.69) is 16.3 Å². The zero-order chi connectivity index (χ0) is 15.3. The van der Waals surface area contributed by atoms with Crippen molar-refractivity contribution in [3.8, 4) is 0 Å². The number of nitrogens with zero attached hydrogens (tertiary/aromatic N) is 2. The Morgan fingerprint density at radius 3 is 2.73 bits per heavy atom. The van der Waals surface area contributed by atoms with Gasteiger partial charge in [0.1, 0.15) is 0 Å². The van der Waals surface area contributed by atoms with Crippen molar-refractivity contribution in [2.45, 2.75) is 11.3 Å². The fourth-order valence-electron chi connectivity index (χ4n) is 3.46. The third kappa shape index (κ3) is 1.84. The molecule has 22 heavy (non-hydrogen) atoms. The van der Waals surface area contributed by atoms with E-state index >= 15 is 0 Å². The first-order valence-electron chi connectivity index (χ1n) is 7.61. The first-order valence-corrected chi connectivity index (χ1v) is 9.05. The van der Waals surface area contributed by atoms with E-state index in [1.165, 1.54) is 4.31 Å². The van der Waals surface area contributed by atoms with Gasteiger partial charge in [-0.25, -0.2) is 8.42 Å². The predicted octanol–water partition coefficient (Wildman–Crippen LogP) is 1.78. The van der Waals surface area contributed by atoms with Crippen LogP contribution < -0.4 is 14.5 Å². The molecule has 1 saturated heterocycles. The molecule has 4 rings (SSSR count). The number of sulfonamides is 1. The average Bonchev–Trinajstić information content (AvgIpc) is 2.73. The Morgan fingerprint density at radius 2 is 1.86 bits per heavy atom. The van der Waals surface area contributed by atoms with E-state index in [0.717, 1.165) is 54.7 Å². The van der Waals surface area contributed by atoms with Crippen LogP contribution in [0.5, 0.6) is 0 Å². The van der Waals surface area contributed by atoms with E-state index in [-0.39, 0.29) is 0 Å². The predicted molar refractivity (Wildman–Crippen MR) is 89.2 cm³/mol. The van der Waals surface area contributed by atoms with Crippen LogP contribution in [-0.4, -0.2) is 41.6 Å². The smallest absolute Gasteiger partial charge is 0.264 e. The van der Waals surface area contributed by atoms with Crippen LogP contribution in [0.2, 0.25) is 0 Å². The molecule has 2 aliphatic rings. The van der Waals surface area contributed by atoms with Gasteiger partial charge in [0.2, 0.25) is 0 Å². The highest BCUT2D eigenvalue weighted by molar-refractivity contribution is 7.93. The van der Waals surface area contributed by atoms with Crippen LogP contribution in [0.3, 0.4) is 0 Å². The number of nitrogens with one attached hydrogen (secondary N) is 1. The molecule has 1 N–H and O–H groups in total. The summed E-state index contributed by atoms with van der Waals surface area (Å²) in [5, 5.41) is 5.30. The van der Waals surface area contributed by atoms with E-state index in [9.17, 15) is 8.42 Å². The van der Waals surface area contributed by atoms with Gasteiger partial charge >= 0.3 is 0 Å². The molecule has 2 heterocycles. The van der Waals surface area contributed by atoms with Crippen molar-refractivity contribution in [3.05, 3.63) is 30.3 Å². The summed E-state index contributed by atoms with van der Waals surface area (Å²) in [4.78, 5) is 2.78. The van der Waals surface area contributed by atoms with Crippen molar-refractivity contribution in [2.24, 2.45) is 0 Å². The lowest BCUT2D eigenvalue weighted by atomic mass is 10.1. The molecule has 2 aromatic carbocycles. The molecule has 2 aliphatic heterocycles. The SMILES string of the molecule is CN1c2ccc(N3CCCNCC3)c3cccc(c23)S1(=O)=O. The third-order valence-electron chi connectivity index (χ3n) is 4.62. The second-order valence-electron chi connectivity index (χ2n) is 5.85. The first kappa shape index (κ1) is 13.8. The Bertz CT molecular complexity index is 840. The number of benzene rings is 2. The lowest BCUT2D eigenvalue weighted by molar-refractivity contribution is 0.597. The molecule has 116 valence electrons. The van der Waals surface area contributed by atoms with Gasteiger partial charge in [-0.2, -0.15) is 0 Å². The summed E-state index contributed by atoms with van der Waals surface area (Å²) in [7, 11) is -1.76. The van der Waals surface area contributed by atoms with Gasteiger partial charge in [-0.3, -0.25) is 4.31 Å². The van der Waals surface area contributed by atoms with Crippen LogP contribution in [0, 0.1) is 0 Å². The highest BCUT2D eigenvalue weighted by atomic mass is 32.2. The Morgan fingerprint density at radius 1 is 1.05 bits per heavy atom. The van der Waals surface area contributed by atoms with Crippen LogP contribution in [0.1, 0.15) is 6.42 Å². The maximum Gasteiger partial charge on any atom is 0.264 e. The Balaban J connectivity index is 1.95. The van der Waals surface area contributed by atoms with Gasteiger partial charge in [-0.05, 0) is 31.2 Å². The third-order valence-corrected chi connectivity index (χ3v) is 6.43. The van der Waals surface area contributed by atoms with Gasteiger partial charge in [0.05, 0.1) is 10.6 Å². The summed E-state index contributed by atoms with van der Waals surface area (Å²) in [6, 6.07) is 9.58. The maximum atomic E-state index is 12.5. The van der Waals surface area contributed by atoms with Crippen molar-refractivity contribution in [3.63, 3.8) is 0 Å². The van der Waals surface area contributed by atoms with E-state index in [4.69, 9.17) is 0 Å². The van der Waals surface area contributed by atoms with Crippen molar-refractivity contribution in [1.29, 1.82) is 0 Å². The summed E-state index contributed by atoms with van der Waals surface area (Å²) in [5.74, 6) is 0. The summed E-state index contributed by atoms with van der Waals surface area (Å²) in [5.41, 5.74) is 1.91. The number of rotatable bonds is 1. The number of hydrogen-bond acceptors (Lipinski definition) is 4. The molecule has 0 amide bonds. The molecule has 0 spiro atoms. The molecule has 6 heteroatoms. The fourth-order valence-corrected chi connectivity index (χ4v) is 4.89. The monoisotopic (exact) mass is 317 g/mol. The zero-order valence-electron chi connectivity index (χ0n) is 12.5. The number of anilines is 2. The standard InChI is InChI=1S/C16H19N3O2S/c1-18-14-7-6-13(19-10-3-8-17-9-11-19)12-4-2-5-15(16(12)14)22(18,20)21/h2,4-7,17H,3,8-11H2,1H3. The van der Waals surface area contributed by atoms with Crippen LogP contribution in [-0.2, 0) is 10.0 Å². The number of hydrogen-bond donors (Lipinski definition) is 1. The Labute approximate surface area is 130 Å². The van der Waals surface area contributed by atoms with Gasteiger partial charge in [-0.15, -0.1) is 0 Å². The lowest BCUT2D eigenvalue weighted by Crippen LogP contribution is -2.28. The second-order valence-corrected chi connectivity index (χ2v) is 7.78. The molecule has 1 fully saturated rings. The zero-order valence-corrected chi connectivity index (χ0v) is 13.4. The van der Waals surface area contributed by atoms with E-state index in [1.54, 1.807) is 13.1 Å². The molecule has 0 saturated carbocycles.